The molecule has 0 aliphatic carbocycles. The van der Waals surface area contributed by atoms with E-state index < -0.39 is 12.3 Å². The predicted molar refractivity (Wildman–Crippen MR) is 44.6 cm³/mol. The van der Waals surface area contributed by atoms with Crippen LogP contribution >= 0.6 is 0 Å². The van der Waals surface area contributed by atoms with E-state index in [4.69, 9.17) is 0 Å². The highest BCUT2D eigenvalue weighted by molar-refractivity contribution is 5.65. The van der Waals surface area contributed by atoms with Gasteiger partial charge in [-0.3, -0.25) is 9.63 Å². The van der Waals surface area contributed by atoms with Gasteiger partial charge < -0.3 is 9.94 Å². The third kappa shape index (κ3) is 3.08. The van der Waals surface area contributed by atoms with Crippen molar-refractivity contribution in [3.8, 4) is 0 Å². The zero-order valence-corrected chi connectivity index (χ0v) is 8.17. The molecule has 7 heteroatoms. The molecule has 1 aliphatic rings. The molecule has 0 aromatic heterocycles. The number of rotatable bonds is 4. The Morgan fingerprint density at radius 3 is 2.71 bits per heavy atom. The van der Waals surface area contributed by atoms with Crippen LogP contribution in [0.2, 0.25) is 0 Å². The molecule has 0 spiro atoms. The van der Waals surface area contributed by atoms with Crippen molar-refractivity contribution in [1.82, 2.24) is 5.01 Å². The zero-order valence-electron chi connectivity index (χ0n) is 8.17. The van der Waals surface area contributed by atoms with Crippen LogP contribution in [0.3, 0.4) is 0 Å². The summed E-state index contributed by atoms with van der Waals surface area (Å²) < 4.78 is 4.59. The molecule has 0 radical (unpaired) electrons. The third-order valence-corrected chi connectivity index (χ3v) is 1.67. The Morgan fingerprint density at radius 2 is 2.29 bits per heavy atom. The van der Waals surface area contributed by atoms with Crippen LogP contribution in [0.15, 0.2) is 5.28 Å². The van der Waals surface area contributed by atoms with Crippen LogP contribution in [-0.2, 0) is 14.4 Å². The Kier molecular flexibility index (Phi) is 3.49. The summed E-state index contributed by atoms with van der Waals surface area (Å²) in [6.07, 6.45) is 0.138. The van der Waals surface area contributed by atoms with Crippen LogP contribution < -0.4 is 0 Å². The Bertz CT molecular complexity index is 239. The van der Waals surface area contributed by atoms with Crippen LogP contribution in [0.5, 0.6) is 0 Å². The largest absolute Gasteiger partial charge is 0.569 e. The van der Waals surface area contributed by atoms with Crippen LogP contribution in [-0.4, -0.2) is 35.3 Å². The van der Waals surface area contributed by atoms with E-state index in [2.05, 4.69) is 14.9 Å². The van der Waals surface area contributed by atoms with Crippen molar-refractivity contribution in [3.63, 3.8) is 0 Å². The first-order valence-corrected chi connectivity index (χ1v) is 4.35. The Morgan fingerprint density at radius 1 is 1.64 bits per heavy atom. The summed E-state index contributed by atoms with van der Waals surface area (Å²) in [7, 11) is 0. The summed E-state index contributed by atoms with van der Waals surface area (Å²) >= 11 is 0. The third-order valence-electron chi connectivity index (χ3n) is 1.67. The van der Waals surface area contributed by atoms with Gasteiger partial charge in [0.25, 0.3) is 6.29 Å². The second-order valence-electron chi connectivity index (χ2n) is 2.92. The Hall–Kier alpha value is -1.53. The molecule has 0 bridgehead atoms. The molecule has 1 unspecified atom stereocenters. The van der Waals surface area contributed by atoms with Gasteiger partial charge in [-0.15, -0.1) is 5.01 Å². The van der Waals surface area contributed by atoms with Crippen molar-refractivity contribution in [2.45, 2.75) is 26.6 Å². The minimum absolute atomic E-state index is 0.365. The molecule has 1 atom stereocenters. The molecular formula is C7H13N3O4. The maximum absolute atomic E-state index is 11.0. The second-order valence-corrected chi connectivity index (χ2v) is 2.92. The smallest absolute Gasteiger partial charge is 0.305 e. The number of hydrogen-bond acceptors (Lipinski definition) is 5. The van der Waals surface area contributed by atoms with Gasteiger partial charge in [0.2, 0.25) is 5.28 Å². The lowest BCUT2D eigenvalue weighted by atomic mass is 10.3. The van der Waals surface area contributed by atoms with Crippen molar-refractivity contribution >= 4 is 5.97 Å². The summed E-state index contributed by atoms with van der Waals surface area (Å²) in [4.78, 5) is 15.4. The first-order valence-electron chi connectivity index (χ1n) is 4.35. The van der Waals surface area contributed by atoms with Crippen LogP contribution in [0, 0.1) is 5.21 Å². The minimum Gasteiger partial charge on any atom is -0.569 e. The fourth-order valence-electron chi connectivity index (χ4n) is 0.884. The van der Waals surface area contributed by atoms with Gasteiger partial charge in [-0.05, 0) is 6.42 Å². The number of carbonyl (C=O) groups is 1. The molecule has 0 amide bonds. The van der Waals surface area contributed by atoms with Crippen molar-refractivity contribution in [2.75, 3.05) is 13.1 Å². The molecular weight excluding hydrogens is 190 g/mol. The van der Waals surface area contributed by atoms with E-state index in [-0.39, 0.29) is 0 Å². The lowest BCUT2D eigenvalue weighted by molar-refractivity contribution is -0.724. The summed E-state index contributed by atoms with van der Waals surface area (Å²) in [5, 5.41) is 15.7. The highest BCUT2D eigenvalue weighted by Crippen LogP contribution is 2.06. The molecule has 1 rings (SSSR count). The topological polar surface area (TPSA) is 77.2 Å². The van der Waals surface area contributed by atoms with Crippen molar-refractivity contribution in [3.05, 3.63) is 5.21 Å². The van der Waals surface area contributed by atoms with E-state index in [9.17, 15) is 10.0 Å². The lowest BCUT2D eigenvalue weighted by Gasteiger charge is -2.25. The van der Waals surface area contributed by atoms with E-state index in [1.165, 1.54) is 18.9 Å². The monoisotopic (exact) mass is 203 g/mol. The van der Waals surface area contributed by atoms with Gasteiger partial charge in [0.1, 0.15) is 0 Å². The lowest BCUT2D eigenvalue weighted by Crippen LogP contribution is -2.42. The first kappa shape index (κ1) is 10.6. The zero-order chi connectivity index (χ0) is 10.6. The van der Waals surface area contributed by atoms with E-state index in [1.54, 1.807) is 0 Å². The normalized spacial score (nSPS) is 18.4. The van der Waals surface area contributed by atoms with E-state index >= 15 is 0 Å². The van der Waals surface area contributed by atoms with Gasteiger partial charge >= 0.3 is 5.97 Å². The maximum Gasteiger partial charge on any atom is 0.305 e. The fourth-order valence-corrected chi connectivity index (χ4v) is 0.884. The van der Waals surface area contributed by atoms with E-state index in [1.807, 2.05) is 0 Å². The molecule has 1 aliphatic heterocycles. The number of ether oxygens (including phenoxy) is 1. The average Bonchev–Trinajstić information content (AvgIpc) is 1.96. The number of carbonyl (C=O) groups excluding carboxylic acids is 1. The first-order chi connectivity index (χ1) is 6.59. The summed E-state index contributed by atoms with van der Waals surface area (Å²) in [5.74, 6) is -0.478. The standard InChI is InChI=1S/C7H13N3O4/c1-6(11)13-7(2)14-8-10(12)9-4-3-5-9/h7H,3-5H2,1-2H3/b10-8+. The Balaban J connectivity index is 2.26. The van der Waals surface area contributed by atoms with Gasteiger partial charge in [0.05, 0.1) is 18.1 Å². The quantitative estimate of drug-likeness (QED) is 0.217. The molecule has 1 saturated heterocycles. The van der Waals surface area contributed by atoms with Crippen molar-refractivity contribution in [2.24, 2.45) is 5.28 Å². The second kappa shape index (κ2) is 4.64. The molecule has 0 N–H and O–H groups in total. The molecule has 0 aromatic rings. The Labute approximate surface area is 81.4 Å². The molecule has 1 fully saturated rings. The summed E-state index contributed by atoms with van der Waals surface area (Å²) in [5.41, 5.74) is 0. The maximum atomic E-state index is 11.0. The van der Waals surface area contributed by atoms with Gasteiger partial charge in [-0.25, -0.2) is 0 Å². The molecule has 80 valence electrons. The van der Waals surface area contributed by atoms with E-state index in [0.717, 1.165) is 6.42 Å². The SMILES string of the molecule is CC(=O)OC(C)O/N=[N+](/[O-])N1CCC1. The van der Waals surface area contributed by atoms with Crippen LogP contribution in [0.4, 0.5) is 0 Å². The number of hydrogen-bond donors (Lipinski definition) is 0. The molecule has 1 heterocycles. The van der Waals surface area contributed by atoms with Gasteiger partial charge in [0.15, 0.2) is 0 Å². The number of esters is 1. The highest BCUT2D eigenvalue weighted by Gasteiger charge is 2.21. The van der Waals surface area contributed by atoms with Crippen LogP contribution in [0.1, 0.15) is 20.3 Å². The van der Waals surface area contributed by atoms with Gasteiger partial charge in [-0.2, -0.15) is 0 Å². The van der Waals surface area contributed by atoms with Gasteiger partial charge in [-0.1, -0.05) is 0 Å². The van der Waals surface area contributed by atoms with Crippen molar-refractivity contribution in [1.29, 1.82) is 0 Å². The summed E-state index contributed by atoms with van der Waals surface area (Å²) in [6.45, 7) is 4.09. The minimum atomic E-state index is -0.842. The molecule has 7 nitrogen and oxygen atoms in total. The van der Waals surface area contributed by atoms with Crippen molar-refractivity contribution < 1.29 is 19.3 Å². The van der Waals surface area contributed by atoms with Crippen LogP contribution in [0.25, 0.3) is 0 Å². The van der Waals surface area contributed by atoms with E-state index in [0.29, 0.717) is 18.1 Å². The number of nitrogens with zero attached hydrogens (tertiary/aromatic N) is 3. The predicted octanol–water partition coefficient (Wildman–Crippen LogP) is 0.410. The highest BCUT2D eigenvalue weighted by atomic mass is 16.8. The molecule has 0 saturated carbocycles. The van der Waals surface area contributed by atoms with Gasteiger partial charge in [0, 0.05) is 13.8 Å². The average molecular weight is 203 g/mol. The fraction of sp³-hybridized carbons (Fsp3) is 0.857. The molecule has 14 heavy (non-hydrogen) atoms. The molecule has 0 aromatic carbocycles. The number of hydrazine groups is 1. The summed E-state index contributed by atoms with van der Waals surface area (Å²) in [6, 6.07) is 0.